The molecule has 0 saturated carbocycles. The molecule has 1 amide bonds. The van der Waals surface area contributed by atoms with Gasteiger partial charge in [-0.2, -0.15) is 4.98 Å². The van der Waals surface area contributed by atoms with Crippen LogP contribution in [0, 0.1) is 12.3 Å². The maximum absolute atomic E-state index is 12.8. The Kier molecular flexibility index (Phi) is 5.32. The number of carbonyl (C=O) groups is 1. The smallest absolute Gasteiger partial charge is 0.240 e. The molecule has 3 heterocycles. The fraction of sp³-hybridized carbons (Fsp3) is 0.750. The fourth-order valence-electron chi connectivity index (χ4n) is 4.95. The third-order valence-electron chi connectivity index (χ3n) is 6.37. The van der Waals surface area contributed by atoms with Gasteiger partial charge in [0.15, 0.2) is 5.82 Å². The minimum Gasteiger partial charge on any atom is -0.392 e. The summed E-state index contributed by atoms with van der Waals surface area (Å²) in [6, 6.07) is 0. The van der Waals surface area contributed by atoms with Crippen LogP contribution in [0.3, 0.4) is 0 Å². The first kappa shape index (κ1) is 18.6. The lowest BCUT2D eigenvalue weighted by Crippen LogP contribution is -2.59. The van der Waals surface area contributed by atoms with Crippen LogP contribution < -0.4 is 0 Å². The summed E-state index contributed by atoms with van der Waals surface area (Å²) in [7, 11) is 0. The molecule has 2 fully saturated rings. The maximum Gasteiger partial charge on any atom is 0.240 e. The van der Waals surface area contributed by atoms with E-state index in [1.807, 2.05) is 11.8 Å². The van der Waals surface area contributed by atoms with Gasteiger partial charge >= 0.3 is 0 Å². The molecule has 1 aromatic rings. The summed E-state index contributed by atoms with van der Waals surface area (Å²) in [5.74, 6) is 1.49. The third kappa shape index (κ3) is 4.09. The molecular formula is C20H30N4O3. The van der Waals surface area contributed by atoms with Crippen molar-refractivity contribution in [3.8, 4) is 0 Å². The van der Waals surface area contributed by atoms with Gasteiger partial charge < -0.3 is 14.5 Å². The standard InChI is InChI=1S/C20H30N4O3/c1-15-21-18(27-22-15)12-23-10-7-17(25)20(13-23)8-4-9-24(14-20)19(26)11-16-5-2-3-6-16/h5,17,25H,2-4,6-14H2,1H3/t17?,20-/m1/s1. The first-order valence-corrected chi connectivity index (χ1v) is 10.2. The van der Waals surface area contributed by atoms with E-state index in [1.165, 1.54) is 12.0 Å². The number of rotatable bonds is 4. The van der Waals surface area contributed by atoms with E-state index in [2.05, 4.69) is 21.1 Å². The largest absolute Gasteiger partial charge is 0.392 e. The van der Waals surface area contributed by atoms with E-state index >= 15 is 0 Å². The highest BCUT2D eigenvalue weighted by Crippen LogP contribution is 2.39. The normalized spacial score (nSPS) is 29.3. The number of hydrogen-bond donors (Lipinski definition) is 1. The Morgan fingerprint density at radius 3 is 3.00 bits per heavy atom. The van der Waals surface area contributed by atoms with Crippen molar-refractivity contribution in [3.63, 3.8) is 0 Å². The number of nitrogens with zero attached hydrogens (tertiary/aromatic N) is 4. The van der Waals surface area contributed by atoms with Gasteiger partial charge in [-0.1, -0.05) is 16.8 Å². The summed E-state index contributed by atoms with van der Waals surface area (Å²) < 4.78 is 5.27. The average molecular weight is 374 g/mol. The summed E-state index contributed by atoms with van der Waals surface area (Å²) in [6.07, 6.45) is 8.39. The predicted molar refractivity (Wildman–Crippen MR) is 99.7 cm³/mol. The minimum absolute atomic E-state index is 0.221. The summed E-state index contributed by atoms with van der Waals surface area (Å²) in [5.41, 5.74) is 1.04. The molecule has 0 aromatic carbocycles. The Balaban J connectivity index is 1.42. The Bertz CT molecular complexity index is 716. The fourth-order valence-corrected chi connectivity index (χ4v) is 4.95. The van der Waals surface area contributed by atoms with Gasteiger partial charge in [0.1, 0.15) is 0 Å². The highest BCUT2D eigenvalue weighted by Gasteiger charge is 2.46. The molecule has 1 spiro atoms. The van der Waals surface area contributed by atoms with Crippen LogP contribution in [0.1, 0.15) is 56.7 Å². The summed E-state index contributed by atoms with van der Waals surface area (Å²) in [4.78, 5) is 21.4. The molecule has 7 nitrogen and oxygen atoms in total. The number of hydrogen-bond acceptors (Lipinski definition) is 6. The first-order chi connectivity index (χ1) is 13.0. The molecule has 0 bridgehead atoms. The van der Waals surface area contributed by atoms with E-state index < -0.39 is 0 Å². The summed E-state index contributed by atoms with van der Waals surface area (Å²) in [5, 5.41) is 14.7. The number of likely N-dealkylation sites (tertiary alicyclic amines) is 2. The van der Waals surface area contributed by atoms with E-state index in [9.17, 15) is 9.90 Å². The summed E-state index contributed by atoms with van der Waals surface area (Å²) in [6.45, 7) is 5.46. The topological polar surface area (TPSA) is 82.7 Å². The van der Waals surface area contributed by atoms with E-state index in [0.29, 0.717) is 31.2 Å². The molecule has 148 valence electrons. The van der Waals surface area contributed by atoms with E-state index in [1.54, 1.807) is 0 Å². The molecule has 0 radical (unpaired) electrons. The number of amides is 1. The molecule has 2 saturated heterocycles. The molecule has 1 aliphatic carbocycles. The van der Waals surface area contributed by atoms with Gasteiger partial charge in [-0.3, -0.25) is 9.69 Å². The molecule has 1 N–H and O–H groups in total. The Morgan fingerprint density at radius 1 is 1.37 bits per heavy atom. The second kappa shape index (κ2) is 7.72. The van der Waals surface area contributed by atoms with Gasteiger partial charge in [0.05, 0.1) is 12.6 Å². The average Bonchev–Trinajstić information content (AvgIpc) is 3.30. The van der Waals surface area contributed by atoms with Crippen LogP contribution in [0.2, 0.25) is 0 Å². The quantitative estimate of drug-likeness (QED) is 0.812. The molecule has 7 heteroatoms. The predicted octanol–water partition coefficient (Wildman–Crippen LogP) is 2.05. The van der Waals surface area contributed by atoms with Crippen LogP contribution in [-0.4, -0.2) is 63.2 Å². The Hall–Kier alpha value is -1.73. The van der Waals surface area contributed by atoms with Crippen molar-refractivity contribution in [2.75, 3.05) is 26.2 Å². The van der Waals surface area contributed by atoms with Crippen LogP contribution in [-0.2, 0) is 11.3 Å². The molecule has 1 aromatic heterocycles. The molecule has 27 heavy (non-hydrogen) atoms. The van der Waals surface area contributed by atoms with Crippen molar-refractivity contribution in [2.24, 2.45) is 5.41 Å². The maximum atomic E-state index is 12.8. The van der Waals surface area contributed by atoms with Crippen molar-refractivity contribution in [3.05, 3.63) is 23.4 Å². The van der Waals surface area contributed by atoms with E-state index in [0.717, 1.165) is 51.7 Å². The zero-order chi connectivity index (χ0) is 18.9. The van der Waals surface area contributed by atoms with Gasteiger partial charge in [-0.05, 0) is 45.4 Å². The molecule has 2 atom stereocenters. The third-order valence-corrected chi connectivity index (χ3v) is 6.37. The van der Waals surface area contributed by atoms with Gasteiger partial charge in [-0.15, -0.1) is 0 Å². The number of aromatic nitrogens is 2. The number of aryl methyl sites for hydroxylation is 1. The number of carbonyl (C=O) groups excluding carboxylic acids is 1. The lowest BCUT2D eigenvalue weighted by molar-refractivity contribution is -0.141. The van der Waals surface area contributed by atoms with Gasteiger partial charge in [0.2, 0.25) is 11.8 Å². The van der Waals surface area contributed by atoms with E-state index in [4.69, 9.17) is 4.52 Å². The van der Waals surface area contributed by atoms with Gasteiger partial charge in [-0.25, -0.2) is 0 Å². The zero-order valence-corrected chi connectivity index (χ0v) is 16.2. The van der Waals surface area contributed by atoms with Crippen molar-refractivity contribution in [1.82, 2.24) is 19.9 Å². The number of aliphatic hydroxyl groups excluding tert-OH is 1. The second-order valence-electron chi connectivity index (χ2n) is 8.46. The van der Waals surface area contributed by atoms with Crippen molar-refractivity contribution < 1.29 is 14.4 Å². The highest BCUT2D eigenvalue weighted by molar-refractivity contribution is 5.79. The molecule has 2 aliphatic heterocycles. The van der Waals surface area contributed by atoms with Crippen molar-refractivity contribution in [1.29, 1.82) is 0 Å². The van der Waals surface area contributed by atoms with Gasteiger partial charge in [0.25, 0.3) is 0 Å². The Labute approximate surface area is 160 Å². The lowest BCUT2D eigenvalue weighted by atomic mass is 9.71. The molecule has 3 aliphatic rings. The Morgan fingerprint density at radius 2 is 2.26 bits per heavy atom. The van der Waals surface area contributed by atoms with Gasteiger partial charge in [0, 0.05) is 38.0 Å². The van der Waals surface area contributed by atoms with Crippen molar-refractivity contribution >= 4 is 5.91 Å². The van der Waals surface area contributed by atoms with Crippen LogP contribution >= 0.6 is 0 Å². The first-order valence-electron chi connectivity index (χ1n) is 10.2. The van der Waals surface area contributed by atoms with Crippen LogP contribution in [0.15, 0.2) is 16.2 Å². The SMILES string of the molecule is Cc1noc(CN2CCC(O)[C@]3(CCCN(C(=O)CC4=CCCC4)C3)C2)n1. The van der Waals surface area contributed by atoms with E-state index in [-0.39, 0.29) is 17.4 Å². The lowest BCUT2D eigenvalue weighted by Gasteiger charge is -2.51. The van der Waals surface area contributed by atoms with Crippen LogP contribution in [0.25, 0.3) is 0 Å². The molecule has 4 rings (SSSR count). The zero-order valence-electron chi connectivity index (χ0n) is 16.2. The monoisotopic (exact) mass is 374 g/mol. The number of allylic oxidation sites excluding steroid dienone is 1. The molecule has 1 unspecified atom stereocenters. The minimum atomic E-state index is -0.362. The highest BCUT2D eigenvalue weighted by atomic mass is 16.5. The number of aliphatic hydroxyl groups is 1. The second-order valence-corrected chi connectivity index (χ2v) is 8.46. The van der Waals surface area contributed by atoms with Crippen LogP contribution in [0.4, 0.5) is 0 Å². The molecular weight excluding hydrogens is 344 g/mol. The number of piperidine rings is 2. The summed E-state index contributed by atoms with van der Waals surface area (Å²) >= 11 is 0. The van der Waals surface area contributed by atoms with Crippen molar-refractivity contribution in [2.45, 2.75) is 64.5 Å². The van der Waals surface area contributed by atoms with Crippen LogP contribution in [0.5, 0.6) is 0 Å².